The number of benzene rings is 2. The lowest BCUT2D eigenvalue weighted by Crippen LogP contribution is -2.39. The van der Waals surface area contributed by atoms with Gasteiger partial charge in [0.2, 0.25) is 0 Å². The summed E-state index contributed by atoms with van der Waals surface area (Å²) in [6.07, 6.45) is 2.01. The first-order valence-corrected chi connectivity index (χ1v) is 8.88. The third kappa shape index (κ3) is 2.10. The van der Waals surface area contributed by atoms with Crippen molar-refractivity contribution in [1.29, 1.82) is 0 Å². The third-order valence-electron chi connectivity index (χ3n) is 5.83. The number of aromatic nitrogens is 1. The van der Waals surface area contributed by atoms with E-state index in [1.54, 1.807) is 13.2 Å². The predicted molar refractivity (Wildman–Crippen MR) is 98.3 cm³/mol. The number of phenols is 1. The summed E-state index contributed by atoms with van der Waals surface area (Å²) >= 11 is 0. The summed E-state index contributed by atoms with van der Waals surface area (Å²) in [5.41, 5.74) is 7.81. The largest absolute Gasteiger partial charge is 0.504 e. The highest BCUT2D eigenvalue weighted by atomic mass is 16.5. The van der Waals surface area contributed by atoms with Gasteiger partial charge in [-0.3, -0.25) is 4.90 Å². The van der Waals surface area contributed by atoms with Crippen molar-refractivity contribution in [2.45, 2.75) is 32.4 Å². The van der Waals surface area contributed by atoms with Crippen LogP contribution in [0.15, 0.2) is 30.3 Å². The van der Waals surface area contributed by atoms with Crippen LogP contribution in [0.4, 0.5) is 0 Å². The van der Waals surface area contributed by atoms with Gasteiger partial charge in [-0.25, -0.2) is 0 Å². The first-order valence-electron chi connectivity index (χ1n) is 8.88. The SMILES string of the molecule is COc1c(O)ccc2c1CN1CCc3c([nH]c4ccc(C)cc34)[C@@H]1C2. The lowest BCUT2D eigenvalue weighted by Gasteiger charge is -2.40. The normalized spacial score (nSPS) is 19.4. The average molecular weight is 334 g/mol. The fourth-order valence-corrected chi connectivity index (χ4v) is 4.61. The second kappa shape index (κ2) is 5.27. The molecule has 0 unspecified atom stereocenters. The van der Waals surface area contributed by atoms with Gasteiger partial charge in [0.1, 0.15) is 0 Å². The molecular weight excluding hydrogens is 312 g/mol. The van der Waals surface area contributed by atoms with Crippen molar-refractivity contribution in [3.8, 4) is 11.5 Å². The number of aromatic amines is 1. The number of ether oxygens (including phenoxy) is 1. The van der Waals surface area contributed by atoms with Crippen LogP contribution >= 0.6 is 0 Å². The molecule has 0 bridgehead atoms. The Balaban J connectivity index is 1.63. The van der Waals surface area contributed by atoms with Crippen LogP contribution in [-0.2, 0) is 19.4 Å². The highest BCUT2D eigenvalue weighted by Crippen LogP contribution is 2.44. The Kier molecular flexibility index (Phi) is 3.13. The van der Waals surface area contributed by atoms with Crippen molar-refractivity contribution in [3.63, 3.8) is 0 Å². The zero-order chi connectivity index (χ0) is 17.1. The summed E-state index contributed by atoms with van der Waals surface area (Å²) in [4.78, 5) is 6.20. The summed E-state index contributed by atoms with van der Waals surface area (Å²) in [5.74, 6) is 0.868. The predicted octanol–water partition coefficient (Wildman–Crippen LogP) is 3.85. The summed E-state index contributed by atoms with van der Waals surface area (Å²) in [6.45, 7) is 4.02. The minimum Gasteiger partial charge on any atom is -0.504 e. The molecule has 5 rings (SSSR count). The molecule has 0 saturated heterocycles. The van der Waals surface area contributed by atoms with E-state index in [9.17, 15) is 5.11 Å². The maximum Gasteiger partial charge on any atom is 0.165 e. The van der Waals surface area contributed by atoms with Crippen LogP contribution in [0.1, 0.15) is 34.0 Å². The molecule has 2 aliphatic heterocycles. The first kappa shape index (κ1) is 14.8. The lowest BCUT2D eigenvalue weighted by molar-refractivity contribution is 0.155. The van der Waals surface area contributed by atoms with Crippen molar-refractivity contribution < 1.29 is 9.84 Å². The van der Waals surface area contributed by atoms with Crippen LogP contribution in [-0.4, -0.2) is 28.6 Å². The van der Waals surface area contributed by atoms with Crippen LogP contribution in [0.25, 0.3) is 10.9 Å². The number of H-pyrrole nitrogens is 1. The molecule has 0 spiro atoms. The van der Waals surface area contributed by atoms with E-state index in [2.05, 4.69) is 35.0 Å². The fourth-order valence-electron chi connectivity index (χ4n) is 4.61. The van der Waals surface area contributed by atoms with Crippen LogP contribution in [0.2, 0.25) is 0 Å². The Morgan fingerprint density at radius 1 is 1.20 bits per heavy atom. The van der Waals surface area contributed by atoms with Crippen LogP contribution in [0.5, 0.6) is 11.5 Å². The number of aromatic hydroxyl groups is 1. The van der Waals surface area contributed by atoms with Crippen LogP contribution in [0.3, 0.4) is 0 Å². The molecule has 2 aromatic carbocycles. The summed E-state index contributed by atoms with van der Waals surface area (Å²) in [7, 11) is 1.63. The van der Waals surface area contributed by atoms with E-state index in [0.29, 0.717) is 11.8 Å². The molecule has 0 fully saturated rings. The second-order valence-corrected chi connectivity index (χ2v) is 7.26. The topological polar surface area (TPSA) is 48.5 Å². The number of fused-ring (bicyclic) bond motifs is 6. The van der Waals surface area contributed by atoms with E-state index in [-0.39, 0.29) is 5.75 Å². The van der Waals surface area contributed by atoms with Crippen molar-refractivity contribution >= 4 is 10.9 Å². The van der Waals surface area contributed by atoms with Gasteiger partial charge in [-0.05, 0) is 49.1 Å². The maximum absolute atomic E-state index is 10.1. The van der Waals surface area contributed by atoms with E-state index < -0.39 is 0 Å². The molecule has 2 aliphatic rings. The summed E-state index contributed by atoms with van der Waals surface area (Å²) < 4.78 is 5.47. The Morgan fingerprint density at radius 2 is 2.08 bits per heavy atom. The van der Waals surface area contributed by atoms with Gasteiger partial charge in [0.15, 0.2) is 11.5 Å². The number of methoxy groups -OCH3 is 1. The minimum atomic E-state index is 0.235. The number of hydrogen-bond acceptors (Lipinski definition) is 3. The number of nitrogens with zero attached hydrogens (tertiary/aromatic N) is 1. The molecule has 1 aromatic heterocycles. The number of nitrogens with one attached hydrogen (secondary N) is 1. The van der Waals surface area contributed by atoms with Gasteiger partial charge in [0.25, 0.3) is 0 Å². The molecule has 0 radical (unpaired) electrons. The quantitative estimate of drug-likeness (QED) is 0.711. The van der Waals surface area contributed by atoms with Gasteiger partial charge in [0.05, 0.1) is 13.2 Å². The molecule has 25 heavy (non-hydrogen) atoms. The van der Waals surface area contributed by atoms with Gasteiger partial charge < -0.3 is 14.8 Å². The number of aryl methyl sites for hydroxylation is 1. The molecule has 1 atom stereocenters. The fraction of sp³-hybridized carbons (Fsp3) is 0.333. The van der Waals surface area contributed by atoms with Crippen molar-refractivity contribution in [1.82, 2.24) is 9.88 Å². The number of hydrogen-bond donors (Lipinski definition) is 2. The monoisotopic (exact) mass is 334 g/mol. The van der Waals surface area contributed by atoms with E-state index in [0.717, 1.165) is 31.5 Å². The highest BCUT2D eigenvalue weighted by Gasteiger charge is 2.35. The van der Waals surface area contributed by atoms with Gasteiger partial charge in [0, 0.05) is 35.2 Å². The molecule has 3 heterocycles. The van der Waals surface area contributed by atoms with E-state index in [1.807, 2.05) is 6.07 Å². The Morgan fingerprint density at radius 3 is 2.92 bits per heavy atom. The lowest BCUT2D eigenvalue weighted by atomic mass is 9.86. The number of phenolic OH excluding ortho intramolecular Hbond substituents is 1. The van der Waals surface area contributed by atoms with Crippen LogP contribution < -0.4 is 4.74 Å². The highest BCUT2D eigenvalue weighted by molar-refractivity contribution is 5.86. The van der Waals surface area contributed by atoms with E-state index in [4.69, 9.17) is 4.74 Å². The molecule has 4 nitrogen and oxygen atoms in total. The molecule has 2 N–H and O–H groups in total. The first-order chi connectivity index (χ1) is 12.2. The summed E-state index contributed by atoms with van der Waals surface area (Å²) in [6, 6.07) is 10.9. The van der Waals surface area contributed by atoms with Crippen molar-refractivity contribution in [3.05, 3.63) is 58.3 Å². The third-order valence-corrected chi connectivity index (χ3v) is 5.83. The van der Waals surface area contributed by atoms with Gasteiger partial charge in [-0.2, -0.15) is 0 Å². The van der Waals surface area contributed by atoms with Crippen molar-refractivity contribution in [2.75, 3.05) is 13.7 Å². The molecule has 4 heteroatoms. The molecule has 0 amide bonds. The maximum atomic E-state index is 10.1. The van der Waals surface area contributed by atoms with Crippen molar-refractivity contribution in [2.24, 2.45) is 0 Å². The Hall–Kier alpha value is -2.46. The standard InChI is InChI=1S/C21H22N2O2/c1-12-3-5-17-15(9-12)14-7-8-23-11-16-13(10-18(23)20(14)22-17)4-6-19(24)21(16)25-2/h3-6,9,18,22,24H,7-8,10-11H2,1-2H3/t18-/m0/s1. The summed E-state index contributed by atoms with van der Waals surface area (Å²) in [5, 5.41) is 11.5. The molecular formula is C21H22N2O2. The average Bonchev–Trinajstić information content (AvgIpc) is 2.98. The van der Waals surface area contributed by atoms with Gasteiger partial charge in [-0.15, -0.1) is 0 Å². The Bertz CT molecular complexity index is 989. The van der Waals surface area contributed by atoms with Gasteiger partial charge in [-0.1, -0.05) is 17.7 Å². The number of rotatable bonds is 1. The van der Waals surface area contributed by atoms with Gasteiger partial charge >= 0.3 is 0 Å². The molecule has 0 aliphatic carbocycles. The van der Waals surface area contributed by atoms with Crippen LogP contribution in [0, 0.1) is 6.92 Å². The molecule has 128 valence electrons. The molecule has 0 saturated carbocycles. The van der Waals surface area contributed by atoms with E-state index in [1.165, 1.54) is 33.3 Å². The zero-order valence-corrected chi connectivity index (χ0v) is 14.6. The van der Waals surface area contributed by atoms with E-state index >= 15 is 0 Å². The zero-order valence-electron chi connectivity index (χ0n) is 14.6. The smallest absolute Gasteiger partial charge is 0.165 e. The minimum absolute atomic E-state index is 0.235. The molecule has 3 aromatic rings. The second-order valence-electron chi connectivity index (χ2n) is 7.26. The Labute approximate surface area is 147 Å².